The fraction of sp³-hybridized carbons (Fsp3) is 0.200. The lowest BCUT2D eigenvalue weighted by atomic mass is 9.91. The number of hydrogen-bond acceptors (Lipinski definition) is 6. The normalized spacial score (nSPS) is 18.9. The number of carbonyl (C=O) groups is 1. The lowest BCUT2D eigenvalue weighted by molar-refractivity contribution is -0.0199. The molecule has 4 aromatic carbocycles. The summed E-state index contributed by atoms with van der Waals surface area (Å²) in [6.45, 7) is 0.890. The van der Waals surface area contributed by atoms with Gasteiger partial charge in [0.05, 0.1) is 19.3 Å². The first kappa shape index (κ1) is 27.8. The number of morpholine rings is 1. The maximum atomic E-state index is 15.6. The number of carbonyl (C=O) groups excluding carboxylic acids is 1. The fourth-order valence-corrected chi connectivity index (χ4v) is 7.90. The molecular formula is C35H27F2N3O4S. The first-order chi connectivity index (χ1) is 22.0. The van der Waals surface area contributed by atoms with E-state index in [1.165, 1.54) is 17.8 Å². The smallest absolute Gasteiger partial charge is 0.278 e. The van der Waals surface area contributed by atoms with E-state index in [1.807, 2.05) is 71.7 Å². The summed E-state index contributed by atoms with van der Waals surface area (Å²) in [7, 11) is 0. The largest absolute Gasteiger partial charge is 0.482 e. The van der Waals surface area contributed by atoms with E-state index < -0.39 is 29.3 Å². The molecular weight excluding hydrogens is 596 g/mol. The van der Waals surface area contributed by atoms with Crippen LogP contribution in [0.5, 0.6) is 5.75 Å². The van der Waals surface area contributed by atoms with E-state index >= 15 is 4.39 Å². The van der Waals surface area contributed by atoms with Crippen molar-refractivity contribution in [2.75, 3.05) is 24.8 Å². The number of aromatic nitrogens is 1. The number of thioether (sulfide) groups is 1. The molecule has 0 aliphatic carbocycles. The van der Waals surface area contributed by atoms with Gasteiger partial charge in [-0.1, -0.05) is 72.8 Å². The molecule has 10 heteroatoms. The van der Waals surface area contributed by atoms with Crippen molar-refractivity contribution in [1.29, 1.82) is 0 Å². The molecule has 0 unspecified atom stereocenters. The maximum absolute atomic E-state index is 15.6. The topological polar surface area (TPSA) is 64.0 Å². The quantitative estimate of drug-likeness (QED) is 0.245. The van der Waals surface area contributed by atoms with E-state index in [-0.39, 0.29) is 48.4 Å². The highest BCUT2D eigenvalue weighted by Crippen LogP contribution is 2.47. The van der Waals surface area contributed by atoms with Crippen LogP contribution in [0.1, 0.15) is 38.8 Å². The second kappa shape index (κ2) is 11.0. The van der Waals surface area contributed by atoms with E-state index in [0.29, 0.717) is 12.2 Å². The number of halogens is 2. The molecule has 3 aliphatic heterocycles. The second-order valence-corrected chi connectivity index (χ2v) is 12.2. The van der Waals surface area contributed by atoms with E-state index in [2.05, 4.69) is 0 Å². The standard InChI is InChI=1S/C35H27F2N3O4S/c36-27-13-12-24-26(30(27)37)20-45-34-23-9-5-4-8-22(23)10-11-25(34)31(24)40-29-19-43-17-16-38(29)35(42)32-33(28(41)14-15-39(32)40)44-18-21-6-2-1-3-7-21/h1-15,29,31H,16-20H2/t29-,31+/m1/s1. The average Bonchev–Trinajstić information content (AvgIpc) is 3.24. The van der Waals surface area contributed by atoms with Crippen molar-refractivity contribution in [3.8, 4) is 5.75 Å². The van der Waals surface area contributed by atoms with Crippen LogP contribution in [0, 0.1) is 11.6 Å². The van der Waals surface area contributed by atoms with Crippen LogP contribution in [-0.4, -0.2) is 41.4 Å². The molecule has 7 nitrogen and oxygen atoms in total. The minimum absolute atomic E-state index is 0.0615. The van der Waals surface area contributed by atoms with Gasteiger partial charge < -0.3 is 14.4 Å². The van der Waals surface area contributed by atoms with Crippen LogP contribution in [0.15, 0.2) is 101 Å². The summed E-state index contributed by atoms with van der Waals surface area (Å²) in [6.07, 6.45) is 0.964. The lowest BCUT2D eigenvalue weighted by Gasteiger charge is -2.51. The van der Waals surface area contributed by atoms with Crippen molar-refractivity contribution >= 4 is 28.4 Å². The van der Waals surface area contributed by atoms with E-state index in [0.717, 1.165) is 32.9 Å². The molecule has 8 rings (SSSR count). The van der Waals surface area contributed by atoms with Gasteiger partial charge in [0, 0.05) is 35.0 Å². The molecule has 5 aromatic rings. The number of ether oxygens (including phenoxy) is 2. The van der Waals surface area contributed by atoms with Crippen LogP contribution >= 0.6 is 11.8 Å². The molecule has 3 aliphatic rings. The minimum Gasteiger partial charge on any atom is -0.482 e. The van der Waals surface area contributed by atoms with Crippen LogP contribution in [0.3, 0.4) is 0 Å². The molecule has 4 heterocycles. The third-order valence-corrected chi connectivity index (χ3v) is 9.92. The highest BCUT2D eigenvalue weighted by molar-refractivity contribution is 7.98. The van der Waals surface area contributed by atoms with Gasteiger partial charge in [0.15, 0.2) is 23.1 Å². The van der Waals surface area contributed by atoms with E-state index in [1.54, 1.807) is 21.8 Å². The Bertz CT molecular complexity index is 2040. The number of rotatable bonds is 4. The van der Waals surface area contributed by atoms with Crippen LogP contribution in [0.2, 0.25) is 0 Å². The van der Waals surface area contributed by atoms with Gasteiger partial charge in [0.25, 0.3) is 5.91 Å². The summed E-state index contributed by atoms with van der Waals surface area (Å²) in [4.78, 5) is 30.1. The molecule has 0 bridgehead atoms. The predicted octanol–water partition coefficient (Wildman–Crippen LogP) is 6.00. The van der Waals surface area contributed by atoms with Crippen LogP contribution < -0.4 is 15.2 Å². The summed E-state index contributed by atoms with van der Waals surface area (Å²) >= 11 is 1.47. The Morgan fingerprint density at radius 2 is 1.71 bits per heavy atom. The van der Waals surface area contributed by atoms with E-state index in [9.17, 15) is 14.0 Å². The zero-order chi connectivity index (χ0) is 30.7. The number of nitrogens with zero attached hydrogens (tertiary/aromatic N) is 3. The SMILES string of the molecule is O=C1c2c(OCc3ccccc3)c(=O)ccn2N([C@H]2c3ccc(F)c(F)c3CSc3c2ccc2ccccc32)[C@@H]2COCCN12. The molecule has 2 atom stereocenters. The van der Waals surface area contributed by atoms with Crippen molar-refractivity contribution in [2.24, 2.45) is 0 Å². The van der Waals surface area contributed by atoms with Gasteiger partial charge in [-0.15, -0.1) is 11.8 Å². The Balaban J connectivity index is 1.38. The molecule has 0 N–H and O–H groups in total. The van der Waals surface area contributed by atoms with Crippen molar-refractivity contribution < 1.29 is 23.0 Å². The molecule has 45 heavy (non-hydrogen) atoms. The van der Waals surface area contributed by atoms with Crippen molar-refractivity contribution in [1.82, 2.24) is 9.58 Å². The van der Waals surface area contributed by atoms with Gasteiger partial charge in [0.1, 0.15) is 12.8 Å². The Hall–Kier alpha value is -4.67. The first-order valence-corrected chi connectivity index (χ1v) is 15.7. The molecule has 1 fully saturated rings. The summed E-state index contributed by atoms with van der Waals surface area (Å²) in [5, 5.41) is 3.98. The molecule has 0 radical (unpaired) electrons. The molecule has 226 valence electrons. The fourth-order valence-electron chi connectivity index (χ4n) is 6.63. The van der Waals surface area contributed by atoms with Crippen LogP contribution in [0.4, 0.5) is 8.78 Å². The maximum Gasteiger partial charge on any atom is 0.278 e. The van der Waals surface area contributed by atoms with Gasteiger partial charge >= 0.3 is 0 Å². The van der Waals surface area contributed by atoms with Crippen LogP contribution in [0.25, 0.3) is 10.8 Å². The van der Waals surface area contributed by atoms with Gasteiger partial charge in [-0.25, -0.2) is 8.78 Å². The number of pyridine rings is 1. The van der Waals surface area contributed by atoms with Gasteiger partial charge in [-0.2, -0.15) is 0 Å². The highest BCUT2D eigenvalue weighted by Gasteiger charge is 2.46. The highest BCUT2D eigenvalue weighted by atomic mass is 32.2. The Morgan fingerprint density at radius 3 is 2.58 bits per heavy atom. The number of fused-ring (bicyclic) bond motifs is 6. The zero-order valence-corrected chi connectivity index (χ0v) is 24.8. The zero-order valence-electron chi connectivity index (χ0n) is 24.0. The van der Waals surface area contributed by atoms with Gasteiger partial charge in [-0.05, 0) is 33.5 Å². The van der Waals surface area contributed by atoms with E-state index in [4.69, 9.17) is 9.47 Å². The van der Waals surface area contributed by atoms with Crippen molar-refractivity contribution in [3.05, 3.63) is 141 Å². The molecule has 1 amide bonds. The van der Waals surface area contributed by atoms with Gasteiger partial charge in [-0.3, -0.25) is 19.3 Å². The van der Waals surface area contributed by atoms with Gasteiger partial charge in [0.2, 0.25) is 5.43 Å². The van der Waals surface area contributed by atoms with Crippen molar-refractivity contribution in [3.63, 3.8) is 0 Å². The molecule has 1 aromatic heterocycles. The summed E-state index contributed by atoms with van der Waals surface area (Å²) in [6, 6.07) is 24.9. The third-order valence-electron chi connectivity index (χ3n) is 8.74. The second-order valence-electron chi connectivity index (χ2n) is 11.2. The lowest BCUT2D eigenvalue weighted by Crippen LogP contribution is -2.66. The Morgan fingerprint density at radius 1 is 0.911 bits per heavy atom. The summed E-state index contributed by atoms with van der Waals surface area (Å²) < 4.78 is 44.1. The van der Waals surface area contributed by atoms with Crippen molar-refractivity contribution in [2.45, 2.75) is 29.5 Å². The Labute approximate surface area is 261 Å². The number of benzene rings is 4. The number of amides is 1. The predicted molar refractivity (Wildman–Crippen MR) is 167 cm³/mol. The number of hydrogen-bond donors (Lipinski definition) is 0. The monoisotopic (exact) mass is 623 g/mol. The molecule has 1 saturated heterocycles. The summed E-state index contributed by atoms with van der Waals surface area (Å²) in [5.41, 5.74) is 2.21. The Kier molecular flexibility index (Phi) is 6.84. The first-order valence-electron chi connectivity index (χ1n) is 14.7. The van der Waals surface area contributed by atoms with Crippen LogP contribution in [-0.2, 0) is 17.1 Å². The average molecular weight is 624 g/mol. The third kappa shape index (κ3) is 4.50. The minimum atomic E-state index is -0.916. The summed E-state index contributed by atoms with van der Waals surface area (Å²) in [5.74, 6) is -2.00. The molecule has 0 spiro atoms. The molecule has 0 saturated carbocycles.